The molecule has 4 N–H and O–H groups in total. The maximum Gasteiger partial charge on any atom is 0.271 e. The zero-order valence-electron chi connectivity index (χ0n) is 9.56. The molecule has 0 aliphatic heterocycles. The number of nitrogens with zero attached hydrogens (tertiary/aromatic N) is 2. The molecule has 0 saturated heterocycles. The molecular formula is C10H15N5O2. The van der Waals surface area contributed by atoms with Crippen molar-refractivity contribution in [3.63, 3.8) is 0 Å². The highest BCUT2D eigenvalue weighted by Crippen LogP contribution is 1.96. The Bertz CT molecular complexity index is 407. The molecule has 1 heterocycles. The van der Waals surface area contributed by atoms with Gasteiger partial charge in [0, 0.05) is 19.5 Å². The van der Waals surface area contributed by atoms with Gasteiger partial charge < -0.3 is 16.4 Å². The molecule has 0 aliphatic carbocycles. The van der Waals surface area contributed by atoms with Gasteiger partial charge in [-0.05, 0) is 6.92 Å². The maximum absolute atomic E-state index is 11.5. The molecule has 92 valence electrons. The topological polar surface area (TPSA) is 110 Å². The van der Waals surface area contributed by atoms with Crippen molar-refractivity contribution in [2.24, 2.45) is 0 Å². The fourth-order valence-electron chi connectivity index (χ4n) is 1.16. The van der Waals surface area contributed by atoms with Crippen LogP contribution in [0, 0.1) is 0 Å². The monoisotopic (exact) mass is 237 g/mol. The third-order valence-electron chi connectivity index (χ3n) is 1.90. The van der Waals surface area contributed by atoms with E-state index in [1.807, 2.05) is 6.92 Å². The molecule has 1 aromatic heterocycles. The molecule has 0 bridgehead atoms. The second-order valence-electron chi connectivity index (χ2n) is 3.29. The van der Waals surface area contributed by atoms with Gasteiger partial charge in [0.05, 0.1) is 12.4 Å². The number of aromatic nitrogens is 2. The van der Waals surface area contributed by atoms with Crippen LogP contribution in [0.4, 0.5) is 5.82 Å². The van der Waals surface area contributed by atoms with Crippen molar-refractivity contribution < 1.29 is 9.59 Å². The van der Waals surface area contributed by atoms with Crippen LogP contribution >= 0.6 is 0 Å². The number of nitrogens with one attached hydrogen (secondary N) is 2. The number of carbonyl (C=O) groups is 2. The first-order chi connectivity index (χ1) is 8.13. The number of rotatable bonds is 5. The molecule has 0 aliphatic rings. The van der Waals surface area contributed by atoms with E-state index < -0.39 is 5.91 Å². The van der Waals surface area contributed by atoms with Crippen molar-refractivity contribution in [2.45, 2.75) is 13.3 Å². The summed E-state index contributed by atoms with van der Waals surface area (Å²) in [5, 5.41) is 5.19. The summed E-state index contributed by atoms with van der Waals surface area (Å²) < 4.78 is 0. The lowest BCUT2D eigenvalue weighted by Crippen LogP contribution is -2.31. The Balaban J connectivity index is 2.38. The van der Waals surface area contributed by atoms with Crippen LogP contribution in [-0.2, 0) is 4.79 Å². The third kappa shape index (κ3) is 4.45. The second kappa shape index (κ2) is 6.41. The first-order valence-electron chi connectivity index (χ1n) is 5.26. The number of nitrogens with two attached hydrogens (primary N) is 1. The summed E-state index contributed by atoms with van der Waals surface area (Å²) in [6.45, 7) is 2.66. The Labute approximate surface area is 98.8 Å². The molecule has 0 radical (unpaired) electrons. The zero-order chi connectivity index (χ0) is 12.7. The molecular weight excluding hydrogens is 222 g/mol. The quantitative estimate of drug-likeness (QED) is 0.628. The van der Waals surface area contributed by atoms with E-state index in [0.29, 0.717) is 6.54 Å². The van der Waals surface area contributed by atoms with Gasteiger partial charge in [-0.15, -0.1) is 0 Å². The Morgan fingerprint density at radius 3 is 2.76 bits per heavy atom. The van der Waals surface area contributed by atoms with E-state index in [-0.39, 0.29) is 30.4 Å². The van der Waals surface area contributed by atoms with Gasteiger partial charge in [0.1, 0.15) is 11.5 Å². The maximum atomic E-state index is 11.5. The fraction of sp³-hybridized carbons (Fsp3) is 0.400. The van der Waals surface area contributed by atoms with Crippen molar-refractivity contribution in [1.82, 2.24) is 20.6 Å². The van der Waals surface area contributed by atoms with E-state index >= 15 is 0 Å². The van der Waals surface area contributed by atoms with Crippen LogP contribution in [0.3, 0.4) is 0 Å². The van der Waals surface area contributed by atoms with E-state index in [9.17, 15) is 9.59 Å². The van der Waals surface area contributed by atoms with E-state index in [1.54, 1.807) is 0 Å². The molecule has 7 heteroatoms. The highest BCUT2D eigenvalue weighted by molar-refractivity contribution is 5.92. The molecule has 0 atom stereocenters. The number of amides is 2. The molecule has 0 unspecified atom stereocenters. The van der Waals surface area contributed by atoms with Crippen molar-refractivity contribution in [1.29, 1.82) is 0 Å². The number of anilines is 1. The minimum Gasteiger partial charge on any atom is -0.382 e. The van der Waals surface area contributed by atoms with Gasteiger partial charge in [-0.3, -0.25) is 14.6 Å². The first kappa shape index (κ1) is 12.9. The van der Waals surface area contributed by atoms with Crippen LogP contribution in [0.2, 0.25) is 0 Å². The lowest BCUT2D eigenvalue weighted by Gasteiger charge is -2.04. The van der Waals surface area contributed by atoms with E-state index in [0.717, 1.165) is 0 Å². The molecule has 7 nitrogen and oxygen atoms in total. The second-order valence-corrected chi connectivity index (χ2v) is 3.29. The van der Waals surface area contributed by atoms with Crippen LogP contribution in [0.5, 0.6) is 0 Å². The summed E-state index contributed by atoms with van der Waals surface area (Å²) in [5.41, 5.74) is 5.53. The Morgan fingerprint density at radius 2 is 2.12 bits per heavy atom. The largest absolute Gasteiger partial charge is 0.382 e. The summed E-state index contributed by atoms with van der Waals surface area (Å²) in [6.07, 6.45) is 2.90. The molecule has 0 aromatic carbocycles. The molecule has 0 spiro atoms. The van der Waals surface area contributed by atoms with Crippen molar-refractivity contribution in [2.75, 3.05) is 18.8 Å². The predicted molar refractivity (Wildman–Crippen MR) is 62.1 cm³/mol. The molecule has 1 rings (SSSR count). The van der Waals surface area contributed by atoms with Gasteiger partial charge in [-0.25, -0.2) is 4.98 Å². The minimum atomic E-state index is -0.394. The molecule has 17 heavy (non-hydrogen) atoms. The predicted octanol–water partition coefficient (Wildman–Crippen LogP) is -0.685. The highest BCUT2D eigenvalue weighted by Gasteiger charge is 2.08. The lowest BCUT2D eigenvalue weighted by molar-refractivity contribution is -0.120. The van der Waals surface area contributed by atoms with E-state index in [1.165, 1.54) is 12.4 Å². The normalized spacial score (nSPS) is 9.71. The first-order valence-corrected chi connectivity index (χ1v) is 5.26. The van der Waals surface area contributed by atoms with Gasteiger partial charge in [0.25, 0.3) is 5.91 Å². The molecule has 0 saturated carbocycles. The van der Waals surface area contributed by atoms with Crippen molar-refractivity contribution in [3.05, 3.63) is 18.1 Å². The minimum absolute atomic E-state index is 0.105. The summed E-state index contributed by atoms with van der Waals surface area (Å²) in [7, 11) is 0. The van der Waals surface area contributed by atoms with Crippen LogP contribution in [0.15, 0.2) is 12.4 Å². The van der Waals surface area contributed by atoms with E-state index in [4.69, 9.17) is 5.73 Å². The van der Waals surface area contributed by atoms with Gasteiger partial charge in [-0.1, -0.05) is 0 Å². The number of carbonyl (C=O) groups excluding carboxylic acids is 2. The summed E-state index contributed by atoms with van der Waals surface area (Å²) in [5.74, 6) is -0.318. The Hall–Kier alpha value is -2.18. The van der Waals surface area contributed by atoms with Crippen LogP contribution in [-0.4, -0.2) is 34.9 Å². The molecule has 1 aromatic rings. The average Bonchev–Trinajstić information content (AvgIpc) is 2.29. The van der Waals surface area contributed by atoms with E-state index in [2.05, 4.69) is 20.6 Å². The van der Waals surface area contributed by atoms with Crippen LogP contribution in [0.25, 0.3) is 0 Å². The summed E-state index contributed by atoms with van der Waals surface area (Å²) in [4.78, 5) is 30.2. The number of nitrogen functional groups attached to an aromatic ring is 1. The standard InChI is InChI=1S/C10H15N5O2/c1-2-13-9(16)3-4-14-10(17)7-5-12-6-8(11)15-7/h5-6H,2-4H2,1H3,(H2,11,15)(H,13,16)(H,14,17). The smallest absolute Gasteiger partial charge is 0.271 e. The van der Waals surface area contributed by atoms with Crippen LogP contribution in [0.1, 0.15) is 23.8 Å². The molecule has 2 amide bonds. The fourth-order valence-corrected chi connectivity index (χ4v) is 1.16. The highest BCUT2D eigenvalue weighted by atomic mass is 16.2. The Morgan fingerprint density at radius 1 is 1.35 bits per heavy atom. The summed E-state index contributed by atoms with van der Waals surface area (Å²) in [6, 6.07) is 0. The molecule has 0 fully saturated rings. The SMILES string of the molecule is CCNC(=O)CCNC(=O)c1cncc(N)n1. The summed E-state index contributed by atoms with van der Waals surface area (Å²) >= 11 is 0. The number of hydrogen-bond acceptors (Lipinski definition) is 5. The van der Waals surface area contributed by atoms with Gasteiger partial charge in [0.2, 0.25) is 5.91 Å². The Kier molecular flexibility index (Phi) is 4.86. The van der Waals surface area contributed by atoms with Gasteiger partial charge in [0.15, 0.2) is 0 Å². The third-order valence-corrected chi connectivity index (χ3v) is 1.90. The zero-order valence-corrected chi connectivity index (χ0v) is 9.56. The average molecular weight is 237 g/mol. The van der Waals surface area contributed by atoms with Gasteiger partial charge in [-0.2, -0.15) is 0 Å². The van der Waals surface area contributed by atoms with Crippen molar-refractivity contribution in [3.8, 4) is 0 Å². The van der Waals surface area contributed by atoms with Crippen molar-refractivity contribution >= 4 is 17.6 Å². The number of hydrogen-bond donors (Lipinski definition) is 3. The van der Waals surface area contributed by atoms with Gasteiger partial charge >= 0.3 is 0 Å². The lowest BCUT2D eigenvalue weighted by atomic mass is 10.3. The van der Waals surface area contributed by atoms with Crippen LogP contribution < -0.4 is 16.4 Å².